The molecule has 1 amide bonds. The first-order valence-corrected chi connectivity index (χ1v) is 15.5. The Morgan fingerprint density at radius 3 is 2.47 bits per heavy atom. The Morgan fingerprint density at radius 1 is 1.13 bits per heavy atom. The zero-order valence-corrected chi connectivity index (χ0v) is 27.2. The van der Waals surface area contributed by atoms with Crippen LogP contribution in [0.25, 0.3) is 33.8 Å². The van der Waals surface area contributed by atoms with Crippen LogP contribution in [0.5, 0.6) is 0 Å². The zero-order valence-electron chi connectivity index (χ0n) is 28.4. The monoisotopic (exact) mass is 629 g/mol. The van der Waals surface area contributed by atoms with Crippen molar-refractivity contribution in [3.8, 4) is 16.8 Å². The van der Waals surface area contributed by atoms with Crippen molar-refractivity contribution in [3.63, 3.8) is 0 Å². The first-order chi connectivity index (χ1) is 22.2. The second-order valence-electron chi connectivity index (χ2n) is 12.2. The Morgan fingerprint density at radius 2 is 1.84 bits per heavy atom. The predicted octanol–water partition coefficient (Wildman–Crippen LogP) is 7.74. The molecule has 0 aliphatic carbocycles. The van der Waals surface area contributed by atoms with E-state index in [2.05, 4.69) is 6.58 Å². The molecule has 2 aromatic heterocycles. The number of aromatic nitrogens is 3. The maximum Gasteiger partial charge on any atom is 0.354 e. The summed E-state index contributed by atoms with van der Waals surface area (Å²) in [7, 11) is 0. The third-order valence-corrected chi connectivity index (χ3v) is 8.77. The lowest BCUT2D eigenvalue weighted by Crippen LogP contribution is -2.58. The van der Waals surface area contributed by atoms with Gasteiger partial charge in [-0.1, -0.05) is 70.6 Å². The lowest BCUT2D eigenvalue weighted by atomic mass is 9.95. The molecule has 3 heterocycles. The van der Waals surface area contributed by atoms with E-state index in [1.54, 1.807) is 33.9 Å². The molecule has 234 valence electrons. The van der Waals surface area contributed by atoms with E-state index in [0.29, 0.717) is 52.3 Å². The van der Waals surface area contributed by atoms with Gasteiger partial charge in [-0.3, -0.25) is 14.3 Å². The summed E-state index contributed by atoms with van der Waals surface area (Å²) in [4.78, 5) is 40.1. The van der Waals surface area contributed by atoms with Crippen LogP contribution in [0.2, 0.25) is 5.02 Å². The molecule has 0 radical (unpaired) electrons. The van der Waals surface area contributed by atoms with Crippen molar-refractivity contribution in [1.82, 2.24) is 19.4 Å². The molecule has 1 fully saturated rings. The molecule has 1 aliphatic heterocycles. The minimum Gasteiger partial charge on any atom is -0.347 e. The average molecular weight is 630 g/mol. The first-order valence-electron chi connectivity index (χ1n) is 16.1. The van der Waals surface area contributed by atoms with E-state index in [4.69, 9.17) is 24.3 Å². The molecular weight excluding hydrogens is 589 g/mol. The highest BCUT2D eigenvalue weighted by Crippen LogP contribution is 2.40. The molecule has 1 aliphatic rings. The standard InChI is InChI=1S/C36H39ClFN5O2/c1-9-24-12-11-13-29(38)32(24)26-17-30-27(16-28(26)37)35(42-22(7)18-41(19-23(42)8)31(44)10-2)40-36(45)43(30)34-25(20(3)4)14-15-39-33(34)21(5)6/h9-17,20-23H,1-2,18-19H2,3-8H3/t22-,23-/m0/s1/i1D2. The van der Waals surface area contributed by atoms with Crippen LogP contribution >= 0.6 is 11.6 Å². The third kappa shape index (κ3) is 5.68. The fourth-order valence-corrected chi connectivity index (χ4v) is 6.70. The number of carbonyl (C=O) groups is 1. The molecule has 9 heteroatoms. The van der Waals surface area contributed by atoms with Gasteiger partial charge in [0.25, 0.3) is 0 Å². The van der Waals surface area contributed by atoms with Crippen LogP contribution in [0, 0.1) is 5.82 Å². The molecule has 7 nitrogen and oxygen atoms in total. The zero-order chi connectivity index (χ0) is 34.3. The number of hydrogen-bond donors (Lipinski definition) is 0. The number of halogens is 2. The van der Waals surface area contributed by atoms with Gasteiger partial charge in [0.2, 0.25) is 5.91 Å². The number of anilines is 1. The molecular formula is C36H39ClFN5O2. The summed E-state index contributed by atoms with van der Waals surface area (Å²) in [5, 5.41) is 0.783. The first kappa shape index (κ1) is 29.4. The van der Waals surface area contributed by atoms with Crippen LogP contribution in [-0.4, -0.2) is 50.5 Å². The summed E-state index contributed by atoms with van der Waals surface area (Å²) in [5.74, 6) is -0.341. The summed E-state index contributed by atoms with van der Waals surface area (Å²) >= 11 is 7.00. The summed E-state index contributed by atoms with van der Waals surface area (Å²) in [5.41, 5.74) is 2.89. The molecule has 0 saturated carbocycles. The Bertz CT molecular complexity index is 1930. The number of amides is 1. The van der Waals surface area contributed by atoms with E-state index in [9.17, 15) is 9.59 Å². The minimum absolute atomic E-state index is 0.0326. The summed E-state index contributed by atoms with van der Waals surface area (Å²) in [6, 6.07) is 9.31. The van der Waals surface area contributed by atoms with E-state index in [-0.39, 0.29) is 40.4 Å². The molecule has 4 aromatic rings. The number of nitrogens with zero attached hydrogens (tertiary/aromatic N) is 5. The van der Waals surface area contributed by atoms with E-state index in [1.807, 2.05) is 52.5 Å². The Labute approximate surface area is 271 Å². The third-order valence-electron chi connectivity index (χ3n) is 8.46. The number of piperazine rings is 1. The van der Waals surface area contributed by atoms with Crippen LogP contribution in [0.3, 0.4) is 0 Å². The van der Waals surface area contributed by atoms with Crippen LogP contribution in [0.15, 0.2) is 66.6 Å². The molecule has 0 bridgehead atoms. The van der Waals surface area contributed by atoms with Crippen molar-refractivity contribution < 1.29 is 11.9 Å². The van der Waals surface area contributed by atoms with E-state index < -0.39 is 18.0 Å². The van der Waals surface area contributed by atoms with Crippen molar-refractivity contribution in [2.45, 2.75) is 65.5 Å². The molecule has 0 unspecified atom stereocenters. The Balaban J connectivity index is 1.91. The number of fused-ring (bicyclic) bond motifs is 1. The number of hydrogen-bond acceptors (Lipinski definition) is 5. The smallest absolute Gasteiger partial charge is 0.347 e. The molecule has 5 rings (SSSR count). The fourth-order valence-electron chi connectivity index (χ4n) is 6.45. The van der Waals surface area contributed by atoms with Crippen molar-refractivity contribution in [3.05, 3.63) is 99.9 Å². The van der Waals surface area contributed by atoms with Crippen LogP contribution in [0.4, 0.5) is 10.2 Å². The minimum atomic E-state index is -0.582. The molecule has 0 spiro atoms. The Kier molecular flexibility index (Phi) is 8.23. The summed E-state index contributed by atoms with van der Waals surface area (Å²) < 4.78 is 32.7. The quantitative estimate of drug-likeness (QED) is 0.196. The molecule has 45 heavy (non-hydrogen) atoms. The Hall–Kier alpha value is -4.30. The highest BCUT2D eigenvalue weighted by atomic mass is 35.5. The second-order valence-corrected chi connectivity index (χ2v) is 12.7. The maximum absolute atomic E-state index is 15.7. The van der Waals surface area contributed by atoms with Gasteiger partial charge < -0.3 is 9.80 Å². The largest absolute Gasteiger partial charge is 0.354 e. The predicted molar refractivity (Wildman–Crippen MR) is 182 cm³/mol. The number of rotatable bonds is 7. The molecule has 0 N–H and O–H groups in total. The van der Waals surface area contributed by atoms with Gasteiger partial charge in [-0.25, -0.2) is 9.18 Å². The lowest BCUT2D eigenvalue weighted by molar-refractivity contribution is -0.127. The van der Waals surface area contributed by atoms with Crippen LogP contribution in [-0.2, 0) is 4.79 Å². The molecule has 2 aromatic carbocycles. The SMILES string of the molecule is [2H]C([2H])=Cc1cccc(F)c1-c1cc2c(cc1Cl)c(N1[C@@H](C)CN(C(=O)C=C)C[C@@H]1C)nc(=O)n2-c1c(C(C)C)ccnc1C(C)C. The van der Waals surface area contributed by atoms with Crippen LogP contribution in [0.1, 0.15) is 72.9 Å². The normalized spacial score (nSPS) is 17.5. The highest BCUT2D eigenvalue weighted by molar-refractivity contribution is 6.34. The van der Waals surface area contributed by atoms with Crippen LogP contribution < -0.4 is 10.6 Å². The molecule has 2 atom stereocenters. The van der Waals surface area contributed by atoms with Gasteiger partial charge in [0.15, 0.2) is 0 Å². The lowest BCUT2D eigenvalue weighted by Gasteiger charge is -2.45. The van der Waals surface area contributed by atoms with E-state index in [0.717, 1.165) is 5.56 Å². The van der Waals surface area contributed by atoms with Gasteiger partial charge in [0.1, 0.15) is 11.6 Å². The molecule has 1 saturated heterocycles. The van der Waals surface area contributed by atoms with Gasteiger partial charge in [0, 0.05) is 52.9 Å². The van der Waals surface area contributed by atoms with Crippen molar-refractivity contribution in [1.29, 1.82) is 0 Å². The average Bonchev–Trinajstić information content (AvgIpc) is 3.00. The topological polar surface area (TPSA) is 71.3 Å². The number of pyridine rings is 1. The van der Waals surface area contributed by atoms with E-state index in [1.165, 1.54) is 24.3 Å². The van der Waals surface area contributed by atoms with Gasteiger partial charge in [-0.05, 0) is 67.2 Å². The van der Waals surface area contributed by atoms with Gasteiger partial charge >= 0.3 is 5.69 Å². The van der Waals surface area contributed by atoms with Crippen molar-refractivity contribution >= 4 is 40.3 Å². The second kappa shape index (κ2) is 12.6. The highest BCUT2D eigenvalue weighted by Gasteiger charge is 2.34. The van der Waals surface area contributed by atoms with E-state index >= 15 is 4.39 Å². The van der Waals surface area contributed by atoms with Gasteiger partial charge in [-0.15, -0.1) is 0 Å². The van der Waals surface area contributed by atoms with Gasteiger partial charge in [-0.2, -0.15) is 4.98 Å². The number of benzene rings is 2. The fraction of sp³-hybridized carbons (Fsp3) is 0.333. The number of carbonyl (C=O) groups excluding carboxylic acids is 1. The maximum atomic E-state index is 15.7. The summed E-state index contributed by atoms with van der Waals surface area (Å²) in [6.07, 6.45) is 4.30. The summed E-state index contributed by atoms with van der Waals surface area (Å²) in [6.45, 7) is 16.0. The van der Waals surface area contributed by atoms with Gasteiger partial charge in [0.05, 0.1) is 19.6 Å². The van der Waals surface area contributed by atoms with Crippen molar-refractivity contribution in [2.24, 2.45) is 0 Å². The van der Waals surface area contributed by atoms with Crippen molar-refractivity contribution in [2.75, 3.05) is 18.0 Å².